The average molecular weight is 692 g/mol. The van der Waals surface area contributed by atoms with Gasteiger partial charge in [-0.1, -0.05) is 135 Å². The molecular formula is C40H58ClN5O3. The summed E-state index contributed by atoms with van der Waals surface area (Å²) < 4.78 is 13.4. The number of H-pyrrole nitrogens is 1. The second-order valence-corrected chi connectivity index (χ2v) is 14.7. The van der Waals surface area contributed by atoms with E-state index in [0.717, 1.165) is 23.4 Å². The average Bonchev–Trinajstić information content (AvgIpc) is 3.64. The molecule has 2 N–H and O–H groups in total. The van der Waals surface area contributed by atoms with Gasteiger partial charge in [0.25, 0.3) is 5.91 Å². The van der Waals surface area contributed by atoms with Crippen molar-refractivity contribution in [2.45, 2.75) is 142 Å². The minimum atomic E-state index is -0.630. The minimum absolute atomic E-state index is 0.210. The number of carbonyl (C=O) groups excluding carboxylic acids is 1. The van der Waals surface area contributed by atoms with Crippen LogP contribution < -0.4 is 14.8 Å². The third-order valence-electron chi connectivity index (χ3n) is 9.09. The summed E-state index contributed by atoms with van der Waals surface area (Å²) in [4.78, 5) is 16.6. The van der Waals surface area contributed by atoms with E-state index in [2.05, 4.69) is 60.3 Å². The SMILES string of the molecule is CCCCCCCCCCCCCCCc1cccc(OC(CC)C(=O)Nc2ccc(-c3nn4nc(C(C)(C)C)c(Cl)c4[nH]3)c(OC)c2)c1. The summed E-state index contributed by atoms with van der Waals surface area (Å²) in [6.45, 7) is 10.4. The number of amides is 1. The Bertz CT molecular complexity index is 1610. The van der Waals surface area contributed by atoms with Crippen molar-refractivity contribution in [1.29, 1.82) is 0 Å². The maximum atomic E-state index is 13.3. The minimum Gasteiger partial charge on any atom is -0.496 e. The topological polar surface area (TPSA) is 93.5 Å². The van der Waals surface area contributed by atoms with Gasteiger partial charge in [0, 0.05) is 17.2 Å². The van der Waals surface area contributed by atoms with Gasteiger partial charge in [0.15, 0.2) is 17.6 Å². The third-order valence-corrected chi connectivity index (χ3v) is 9.44. The second kappa shape index (κ2) is 19.0. The van der Waals surface area contributed by atoms with E-state index < -0.39 is 6.10 Å². The first kappa shape index (κ1) is 38.3. The number of hydrogen-bond donors (Lipinski definition) is 2. The van der Waals surface area contributed by atoms with Crippen LogP contribution in [0, 0.1) is 0 Å². The smallest absolute Gasteiger partial charge is 0.265 e. The molecule has 2 heterocycles. The number of methoxy groups -OCH3 is 1. The molecule has 0 saturated heterocycles. The lowest BCUT2D eigenvalue weighted by Gasteiger charge is -2.18. The van der Waals surface area contributed by atoms with Crippen molar-refractivity contribution in [1.82, 2.24) is 19.8 Å². The van der Waals surface area contributed by atoms with Crippen LogP contribution in [0.3, 0.4) is 0 Å². The molecule has 4 aromatic rings. The molecule has 8 nitrogen and oxygen atoms in total. The molecule has 0 aliphatic rings. The molecule has 4 rings (SSSR count). The number of halogens is 1. The predicted molar refractivity (Wildman–Crippen MR) is 202 cm³/mol. The highest BCUT2D eigenvalue weighted by Crippen LogP contribution is 2.35. The number of aryl methyl sites for hydroxylation is 1. The molecule has 1 atom stereocenters. The quantitative estimate of drug-likeness (QED) is 0.0848. The van der Waals surface area contributed by atoms with Crippen LogP contribution >= 0.6 is 11.6 Å². The van der Waals surface area contributed by atoms with Crippen LogP contribution in [0.4, 0.5) is 5.69 Å². The lowest BCUT2D eigenvalue weighted by Crippen LogP contribution is -2.32. The van der Waals surface area contributed by atoms with Gasteiger partial charge in [-0.25, -0.2) is 0 Å². The first-order valence-corrected chi connectivity index (χ1v) is 18.9. The largest absolute Gasteiger partial charge is 0.496 e. The van der Waals surface area contributed by atoms with Gasteiger partial charge in [-0.2, -0.15) is 5.10 Å². The van der Waals surface area contributed by atoms with Crippen LogP contribution in [0.1, 0.15) is 136 Å². The summed E-state index contributed by atoms with van der Waals surface area (Å²) in [7, 11) is 1.59. The van der Waals surface area contributed by atoms with E-state index in [1.54, 1.807) is 13.2 Å². The molecule has 0 aliphatic heterocycles. The zero-order valence-electron chi connectivity index (χ0n) is 30.7. The Balaban J connectivity index is 1.24. The van der Waals surface area contributed by atoms with E-state index in [-0.39, 0.29) is 11.3 Å². The Morgan fingerprint density at radius 2 is 1.55 bits per heavy atom. The normalized spacial score (nSPS) is 12.4. The van der Waals surface area contributed by atoms with Crippen LogP contribution in [-0.4, -0.2) is 38.9 Å². The van der Waals surface area contributed by atoms with Crippen LogP contribution in [0.25, 0.3) is 17.0 Å². The molecular weight excluding hydrogens is 634 g/mol. The monoisotopic (exact) mass is 691 g/mol. The molecule has 0 spiro atoms. The van der Waals surface area contributed by atoms with E-state index in [0.29, 0.717) is 34.4 Å². The van der Waals surface area contributed by atoms with Crippen LogP contribution in [-0.2, 0) is 16.6 Å². The van der Waals surface area contributed by atoms with Crippen molar-refractivity contribution < 1.29 is 14.3 Å². The number of rotatable bonds is 21. The zero-order valence-corrected chi connectivity index (χ0v) is 31.4. The van der Waals surface area contributed by atoms with E-state index in [1.807, 2.05) is 31.2 Å². The molecule has 2 aromatic heterocycles. The van der Waals surface area contributed by atoms with Crippen molar-refractivity contribution in [3.05, 3.63) is 58.7 Å². The summed E-state index contributed by atoms with van der Waals surface area (Å²) in [5.41, 5.74) is 3.77. The molecule has 1 amide bonds. The number of unbranched alkanes of at least 4 members (excludes halogenated alkanes) is 12. The van der Waals surface area contributed by atoms with Gasteiger partial charge in [-0.15, -0.1) is 9.73 Å². The molecule has 2 aromatic carbocycles. The number of fused-ring (bicyclic) bond motifs is 1. The first-order chi connectivity index (χ1) is 23.6. The van der Waals surface area contributed by atoms with Crippen molar-refractivity contribution >= 4 is 28.8 Å². The van der Waals surface area contributed by atoms with Crippen molar-refractivity contribution in [3.8, 4) is 22.9 Å². The highest BCUT2D eigenvalue weighted by Gasteiger charge is 2.26. The fraction of sp³-hybridized carbons (Fsp3) is 0.575. The maximum Gasteiger partial charge on any atom is 0.265 e. The molecule has 0 aliphatic carbocycles. The predicted octanol–water partition coefficient (Wildman–Crippen LogP) is 11.1. The first-order valence-electron chi connectivity index (χ1n) is 18.5. The molecule has 0 fully saturated rings. The fourth-order valence-corrected chi connectivity index (χ4v) is 6.64. The molecule has 1 unspecified atom stereocenters. The Morgan fingerprint density at radius 3 is 2.14 bits per heavy atom. The van der Waals surface area contributed by atoms with Gasteiger partial charge in [0.2, 0.25) is 0 Å². The number of anilines is 1. The molecule has 268 valence electrons. The second-order valence-electron chi connectivity index (χ2n) is 14.3. The van der Waals surface area contributed by atoms with Crippen molar-refractivity contribution in [2.75, 3.05) is 12.4 Å². The summed E-state index contributed by atoms with van der Waals surface area (Å²) in [5, 5.41) is 12.7. The number of nitrogens with one attached hydrogen (secondary N) is 2. The fourth-order valence-electron chi connectivity index (χ4n) is 6.19. The molecule has 0 radical (unpaired) electrons. The maximum absolute atomic E-state index is 13.3. The van der Waals surface area contributed by atoms with Gasteiger partial charge in [-0.05, 0) is 49.1 Å². The Kier molecular flexibility index (Phi) is 14.9. The zero-order chi connectivity index (χ0) is 35.2. The number of carbonyl (C=O) groups is 1. The number of nitrogens with zero attached hydrogens (tertiary/aromatic N) is 3. The van der Waals surface area contributed by atoms with Gasteiger partial charge >= 0.3 is 0 Å². The van der Waals surface area contributed by atoms with Crippen molar-refractivity contribution in [3.63, 3.8) is 0 Å². The number of ether oxygens (including phenoxy) is 2. The van der Waals surface area contributed by atoms with E-state index in [1.165, 1.54) is 93.7 Å². The molecule has 0 saturated carbocycles. The van der Waals surface area contributed by atoms with Crippen LogP contribution in [0.5, 0.6) is 11.5 Å². The van der Waals surface area contributed by atoms with Crippen molar-refractivity contribution in [2.24, 2.45) is 0 Å². The van der Waals surface area contributed by atoms with E-state index in [9.17, 15) is 4.79 Å². The standard InChI is InChI=1S/C40H58ClN5O3/c1-7-9-10-11-12-13-14-15-16-17-18-19-20-22-29-23-21-24-31(27-29)49-33(8-2)39(47)42-30-25-26-32(34(28-30)48-6)37-43-38-35(41)36(40(3,4)5)44-46(38)45-37/h21,23-28,33H,7-20,22H2,1-6H3,(H,42,47)(H,43,45). The molecule has 49 heavy (non-hydrogen) atoms. The van der Waals surface area contributed by atoms with Gasteiger partial charge < -0.3 is 19.8 Å². The van der Waals surface area contributed by atoms with Gasteiger partial charge in [0.1, 0.15) is 16.5 Å². The molecule has 0 bridgehead atoms. The Morgan fingerprint density at radius 1 is 0.898 bits per heavy atom. The number of aromatic nitrogens is 4. The summed E-state index contributed by atoms with van der Waals surface area (Å²) in [6.07, 6.45) is 18.5. The summed E-state index contributed by atoms with van der Waals surface area (Å²) >= 11 is 6.63. The van der Waals surface area contributed by atoms with Gasteiger partial charge in [-0.3, -0.25) is 4.79 Å². The van der Waals surface area contributed by atoms with E-state index in [4.69, 9.17) is 21.1 Å². The highest BCUT2D eigenvalue weighted by atomic mass is 35.5. The molecule has 9 heteroatoms. The van der Waals surface area contributed by atoms with E-state index >= 15 is 0 Å². The van der Waals surface area contributed by atoms with Gasteiger partial charge in [0.05, 0.1) is 18.4 Å². The number of hydrogen-bond acceptors (Lipinski definition) is 5. The van der Waals surface area contributed by atoms with Crippen LogP contribution in [0.2, 0.25) is 5.02 Å². The number of benzene rings is 2. The third kappa shape index (κ3) is 11.2. The summed E-state index contributed by atoms with van der Waals surface area (Å²) in [6, 6.07) is 13.6. The van der Waals surface area contributed by atoms with Crippen LogP contribution in [0.15, 0.2) is 42.5 Å². The lowest BCUT2D eigenvalue weighted by molar-refractivity contribution is -0.122. The Hall–Kier alpha value is -3.52. The Labute approximate surface area is 298 Å². The lowest BCUT2D eigenvalue weighted by atomic mass is 9.92. The number of aromatic amines is 1. The summed E-state index contributed by atoms with van der Waals surface area (Å²) in [5.74, 6) is 1.63. The highest BCUT2D eigenvalue weighted by molar-refractivity contribution is 6.34.